The van der Waals surface area contributed by atoms with Crippen LogP contribution in [0.25, 0.3) is 22.4 Å². The molecule has 2 saturated heterocycles. The van der Waals surface area contributed by atoms with Gasteiger partial charge < -0.3 is 9.64 Å². The Bertz CT molecular complexity index is 1160. The van der Waals surface area contributed by atoms with Crippen LogP contribution in [0, 0.1) is 0 Å². The topological polar surface area (TPSA) is 85.5 Å². The van der Waals surface area contributed by atoms with E-state index in [0.717, 1.165) is 17.5 Å². The monoisotopic (exact) mass is 430 g/mol. The van der Waals surface area contributed by atoms with Gasteiger partial charge in [0.2, 0.25) is 6.08 Å². The number of nitrogens with zero attached hydrogens (tertiary/aromatic N) is 6. The molecule has 0 amide bonds. The number of fused-ring (bicyclic) bond motifs is 3. The van der Waals surface area contributed by atoms with Gasteiger partial charge in [-0.1, -0.05) is 0 Å². The Morgan fingerprint density at radius 1 is 1.13 bits per heavy atom. The van der Waals surface area contributed by atoms with E-state index >= 15 is 0 Å². The normalized spacial score (nSPS) is 20.8. The number of rotatable bonds is 4. The molecule has 2 bridgehead atoms. The predicted molar refractivity (Wildman–Crippen MR) is 105 cm³/mol. The zero-order chi connectivity index (χ0) is 21.6. The van der Waals surface area contributed by atoms with Gasteiger partial charge in [0.25, 0.3) is 0 Å². The van der Waals surface area contributed by atoms with Crippen LogP contribution in [0.15, 0.2) is 35.5 Å². The standard InChI is InChI=1S/C20H17F3N6O2/c21-20(22,23)10-29-19-16(7-25-29)18(28-8-14-5-6-15(9-28)31-14)26-17(27-19)12-1-3-13(4-2-12)24-11-30/h1-4,7,14-15H,5-6,8-10H2. The third kappa shape index (κ3) is 3.89. The van der Waals surface area contributed by atoms with Crippen molar-refractivity contribution in [3.63, 3.8) is 0 Å². The summed E-state index contributed by atoms with van der Waals surface area (Å²) in [6.07, 6.45) is 0.489. The highest BCUT2D eigenvalue weighted by molar-refractivity contribution is 5.89. The lowest BCUT2D eigenvalue weighted by Crippen LogP contribution is -2.43. The molecule has 2 atom stereocenters. The third-order valence-corrected chi connectivity index (χ3v) is 5.45. The summed E-state index contributed by atoms with van der Waals surface area (Å²) in [4.78, 5) is 25.1. The summed E-state index contributed by atoms with van der Waals surface area (Å²) in [5.41, 5.74) is 1.11. The molecule has 0 aliphatic carbocycles. The number of hydrogen-bond acceptors (Lipinski definition) is 7. The minimum absolute atomic E-state index is 0.0814. The second kappa shape index (κ2) is 7.44. The largest absolute Gasteiger partial charge is 0.408 e. The second-order valence-electron chi connectivity index (χ2n) is 7.64. The molecule has 2 fully saturated rings. The number of aromatic nitrogens is 4. The Labute approximate surface area is 174 Å². The number of anilines is 1. The Morgan fingerprint density at radius 2 is 1.84 bits per heavy atom. The van der Waals surface area contributed by atoms with Crippen LogP contribution in [0.2, 0.25) is 0 Å². The van der Waals surface area contributed by atoms with Crippen molar-refractivity contribution in [2.45, 2.75) is 37.8 Å². The zero-order valence-electron chi connectivity index (χ0n) is 16.2. The quantitative estimate of drug-likeness (QED) is 0.466. The summed E-state index contributed by atoms with van der Waals surface area (Å²) in [5.74, 6) is 0.815. The molecular weight excluding hydrogens is 413 g/mol. The van der Waals surface area contributed by atoms with Gasteiger partial charge in [0.05, 0.1) is 29.5 Å². The molecule has 11 heteroatoms. The fraction of sp³-hybridized carbons (Fsp3) is 0.400. The highest BCUT2D eigenvalue weighted by Gasteiger charge is 2.36. The molecule has 2 unspecified atom stereocenters. The lowest BCUT2D eigenvalue weighted by Gasteiger charge is -2.33. The number of carbonyl (C=O) groups excluding carboxylic acids is 1. The summed E-state index contributed by atoms with van der Waals surface area (Å²) < 4.78 is 46.0. The Morgan fingerprint density at radius 3 is 2.48 bits per heavy atom. The first kappa shape index (κ1) is 19.7. The van der Waals surface area contributed by atoms with E-state index in [-0.39, 0.29) is 23.7 Å². The number of halogens is 3. The molecule has 0 saturated carbocycles. The fourth-order valence-corrected chi connectivity index (χ4v) is 4.12. The van der Waals surface area contributed by atoms with Crippen LogP contribution < -0.4 is 4.90 Å². The molecular formula is C20H17F3N6O2. The van der Waals surface area contributed by atoms with Crippen molar-refractivity contribution in [1.29, 1.82) is 0 Å². The first-order chi connectivity index (χ1) is 14.9. The fourth-order valence-electron chi connectivity index (χ4n) is 4.12. The van der Waals surface area contributed by atoms with E-state index in [2.05, 4.69) is 15.1 Å². The van der Waals surface area contributed by atoms with Crippen molar-refractivity contribution >= 4 is 28.6 Å². The third-order valence-electron chi connectivity index (χ3n) is 5.45. The number of aliphatic imine (C=N–C) groups is 1. The van der Waals surface area contributed by atoms with E-state index in [4.69, 9.17) is 9.72 Å². The van der Waals surface area contributed by atoms with Crippen LogP contribution in [-0.4, -0.2) is 57.3 Å². The number of alkyl halides is 3. The minimum Gasteiger partial charge on any atom is -0.371 e. The van der Waals surface area contributed by atoms with Gasteiger partial charge in [0, 0.05) is 18.7 Å². The molecule has 3 aromatic rings. The molecule has 4 heterocycles. The Kier molecular flexibility index (Phi) is 4.71. The predicted octanol–water partition coefficient (Wildman–Crippen LogP) is 3.39. The van der Waals surface area contributed by atoms with Gasteiger partial charge in [-0.2, -0.15) is 23.3 Å². The molecule has 2 aromatic heterocycles. The molecule has 160 valence electrons. The van der Waals surface area contributed by atoms with Crippen LogP contribution >= 0.6 is 0 Å². The van der Waals surface area contributed by atoms with Crippen molar-refractivity contribution in [2.24, 2.45) is 4.99 Å². The van der Waals surface area contributed by atoms with Crippen molar-refractivity contribution in [3.05, 3.63) is 30.5 Å². The smallest absolute Gasteiger partial charge is 0.371 e. The molecule has 1 aromatic carbocycles. The first-order valence-corrected chi connectivity index (χ1v) is 9.78. The van der Waals surface area contributed by atoms with E-state index in [9.17, 15) is 18.0 Å². The van der Waals surface area contributed by atoms with Crippen molar-refractivity contribution in [2.75, 3.05) is 18.0 Å². The van der Waals surface area contributed by atoms with Crippen molar-refractivity contribution < 1.29 is 22.7 Å². The molecule has 31 heavy (non-hydrogen) atoms. The van der Waals surface area contributed by atoms with Crippen molar-refractivity contribution in [1.82, 2.24) is 19.7 Å². The van der Waals surface area contributed by atoms with Gasteiger partial charge >= 0.3 is 6.18 Å². The minimum atomic E-state index is -4.43. The lowest BCUT2D eigenvalue weighted by atomic mass is 10.2. The highest BCUT2D eigenvalue weighted by atomic mass is 19.4. The van der Waals surface area contributed by atoms with E-state index in [0.29, 0.717) is 35.5 Å². The summed E-state index contributed by atoms with van der Waals surface area (Å²) in [6, 6.07) is 6.51. The van der Waals surface area contributed by atoms with Gasteiger partial charge in [-0.15, -0.1) is 0 Å². The number of morpholine rings is 1. The summed E-state index contributed by atoms with van der Waals surface area (Å²) >= 11 is 0. The summed E-state index contributed by atoms with van der Waals surface area (Å²) in [6.45, 7) is -0.0211. The van der Waals surface area contributed by atoms with Gasteiger partial charge in [-0.25, -0.2) is 19.4 Å². The molecule has 0 spiro atoms. The van der Waals surface area contributed by atoms with Gasteiger partial charge in [-0.3, -0.25) is 0 Å². The van der Waals surface area contributed by atoms with E-state index in [1.807, 2.05) is 4.90 Å². The summed E-state index contributed by atoms with van der Waals surface area (Å²) in [5, 5.41) is 4.41. The number of isocyanates is 1. The maximum absolute atomic E-state index is 13.1. The lowest BCUT2D eigenvalue weighted by molar-refractivity contribution is -0.141. The Hall–Kier alpha value is -3.30. The molecule has 2 aliphatic heterocycles. The maximum Gasteiger partial charge on any atom is 0.408 e. The highest BCUT2D eigenvalue weighted by Crippen LogP contribution is 2.34. The van der Waals surface area contributed by atoms with Gasteiger partial charge in [-0.05, 0) is 37.1 Å². The number of ether oxygens (including phenoxy) is 1. The molecule has 0 radical (unpaired) electrons. The molecule has 2 aliphatic rings. The van der Waals surface area contributed by atoms with E-state index in [1.165, 1.54) is 12.3 Å². The first-order valence-electron chi connectivity index (χ1n) is 9.78. The summed E-state index contributed by atoms with van der Waals surface area (Å²) in [7, 11) is 0. The van der Waals surface area contributed by atoms with E-state index in [1.54, 1.807) is 24.3 Å². The van der Waals surface area contributed by atoms with Gasteiger partial charge in [0.1, 0.15) is 12.4 Å². The molecule has 5 rings (SSSR count). The molecule has 8 nitrogen and oxygen atoms in total. The van der Waals surface area contributed by atoms with Crippen LogP contribution in [0.3, 0.4) is 0 Å². The second-order valence-corrected chi connectivity index (χ2v) is 7.64. The average molecular weight is 430 g/mol. The van der Waals surface area contributed by atoms with Crippen molar-refractivity contribution in [3.8, 4) is 11.4 Å². The maximum atomic E-state index is 13.1. The van der Waals surface area contributed by atoms with Gasteiger partial charge in [0.15, 0.2) is 11.5 Å². The van der Waals surface area contributed by atoms with E-state index < -0.39 is 12.7 Å². The van der Waals surface area contributed by atoms with Crippen LogP contribution in [0.5, 0.6) is 0 Å². The van der Waals surface area contributed by atoms with Crippen LogP contribution in [0.1, 0.15) is 12.8 Å². The molecule has 0 N–H and O–H groups in total. The van der Waals surface area contributed by atoms with Crippen LogP contribution in [-0.2, 0) is 16.1 Å². The number of hydrogen-bond donors (Lipinski definition) is 0. The van der Waals surface area contributed by atoms with Crippen LogP contribution in [0.4, 0.5) is 24.7 Å². The average Bonchev–Trinajstić information content (AvgIpc) is 3.29. The SMILES string of the molecule is O=C=Nc1ccc(-c2nc(N3CC4CCC(C3)O4)c3cnn(CC(F)(F)F)c3n2)cc1. The number of benzene rings is 1. The zero-order valence-corrected chi connectivity index (χ0v) is 16.2. The Balaban J connectivity index is 1.63.